The third-order valence-corrected chi connectivity index (χ3v) is 3.15. The molecule has 0 amide bonds. The highest BCUT2D eigenvalue weighted by molar-refractivity contribution is 5.97. The highest BCUT2D eigenvalue weighted by atomic mass is 16.4. The maximum Gasteiger partial charge on any atom is 0.170 e. The summed E-state index contributed by atoms with van der Waals surface area (Å²) in [6.45, 7) is 6.68. The van der Waals surface area contributed by atoms with Crippen LogP contribution in [0.5, 0.6) is 0 Å². The highest BCUT2D eigenvalue weighted by Crippen LogP contribution is 2.19. The van der Waals surface area contributed by atoms with Crippen molar-refractivity contribution in [1.82, 2.24) is 0 Å². The Bertz CT molecular complexity index is 398. The average molecular weight is 249 g/mol. The fourth-order valence-electron chi connectivity index (χ4n) is 2.02. The molecule has 3 N–H and O–H groups in total. The molecule has 4 heteroatoms. The van der Waals surface area contributed by atoms with E-state index in [1.54, 1.807) is 0 Å². The van der Waals surface area contributed by atoms with Crippen molar-refractivity contribution < 1.29 is 5.21 Å². The predicted octanol–water partition coefficient (Wildman–Crippen LogP) is 2.65. The van der Waals surface area contributed by atoms with Gasteiger partial charge in [-0.05, 0) is 43.5 Å². The number of anilines is 1. The molecule has 0 aliphatic rings. The van der Waals surface area contributed by atoms with Crippen molar-refractivity contribution in [2.24, 2.45) is 16.8 Å². The highest BCUT2D eigenvalue weighted by Gasteiger charge is 2.11. The third-order valence-electron chi connectivity index (χ3n) is 3.15. The summed E-state index contributed by atoms with van der Waals surface area (Å²) in [5.74, 6) is 0.818. The summed E-state index contributed by atoms with van der Waals surface area (Å²) in [6, 6.07) is 8.19. The lowest BCUT2D eigenvalue weighted by Gasteiger charge is -2.28. The van der Waals surface area contributed by atoms with E-state index in [0.717, 1.165) is 17.7 Å². The van der Waals surface area contributed by atoms with E-state index in [1.165, 1.54) is 0 Å². The molecule has 1 aromatic carbocycles. The summed E-state index contributed by atoms with van der Waals surface area (Å²) in [5.41, 5.74) is 7.40. The summed E-state index contributed by atoms with van der Waals surface area (Å²) >= 11 is 0. The topological polar surface area (TPSA) is 61.8 Å². The van der Waals surface area contributed by atoms with E-state index in [0.29, 0.717) is 12.0 Å². The van der Waals surface area contributed by atoms with E-state index in [-0.39, 0.29) is 5.84 Å². The van der Waals surface area contributed by atoms with Gasteiger partial charge in [-0.3, -0.25) is 0 Å². The van der Waals surface area contributed by atoms with Gasteiger partial charge in [0.15, 0.2) is 5.84 Å². The Kier molecular flexibility index (Phi) is 5.01. The number of nitrogens with zero attached hydrogens (tertiary/aromatic N) is 2. The molecule has 0 spiro atoms. The standard InChI is InChI=1S/C14H23N3O/c1-10(2)9-11(3)17(4)13-7-5-12(6-8-13)14(15)16-18/h5-8,10-11,18H,9H2,1-4H3,(H2,15,16). The third kappa shape index (κ3) is 3.65. The van der Waals surface area contributed by atoms with Crippen LogP contribution in [-0.2, 0) is 0 Å². The zero-order valence-electron chi connectivity index (χ0n) is 11.6. The Labute approximate surface area is 109 Å². The molecular formula is C14H23N3O. The lowest BCUT2D eigenvalue weighted by atomic mass is 10.0. The van der Waals surface area contributed by atoms with Gasteiger partial charge in [0.05, 0.1) is 0 Å². The van der Waals surface area contributed by atoms with Crippen molar-refractivity contribution in [2.45, 2.75) is 33.2 Å². The Morgan fingerprint density at radius 2 is 1.83 bits per heavy atom. The van der Waals surface area contributed by atoms with E-state index in [1.807, 2.05) is 24.3 Å². The van der Waals surface area contributed by atoms with Crippen LogP contribution in [0.15, 0.2) is 29.4 Å². The molecule has 18 heavy (non-hydrogen) atoms. The number of nitrogens with two attached hydrogens (primary N) is 1. The fraction of sp³-hybridized carbons (Fsp3) is 0.500. The Morgan fingerprint density at radius 1 is 1.28 bits per heavy atom. The van der Waals surface area contributed by atoms with Gasteiger partial charge < -0.3 is 15.8 Å². The van der Waals surface area contributed by atoms with Crippen LogP contribution in [0.3, 0.4) is 0 Å². The molecule has 0 radical (unpaired) electrons. The Hall–Kier alpha value is -1.71. The molecule has 1 atom stereocenters. The second kappa shape index (κ2) is 6.28. The van der Waals surface area contributed by atoms with Gasteiger partial charge in [-0.25, -0.2) is 0 Å². The Balaban J connectivity index is 2.78. The molecule has 0 aliphatic heterocycles. The molecule has 0 fully saturated rings. The maximum atomic E-state index is 8.61. The lowest BCUT2D eigenvalue weighted by molar-refractivity contribution is 0.318. The summed E-state index contributed by atoms with van der Waals surface area (Å²) in [7, 11) is 2.09. The second-order valence-electron chi connectivity index (χ2n) is 5.12. The first kappa shape index (κ1) is 14.4. The van der Waals surface area contributed by atoms with Crippen LogP contribution in [0.4, 0.5) is 5.69 Å². The van der Waals surface area contributed by atoms with E-state index in [2.05, 4.69) is 37.9 Å². The SMILES string of the molecule is CC(C)CC(C)N(C)c1ccc(C(N)=NO)cc1. The van der Waals surface area contributed by atoms with Gasteiger partial charge in [0, 0.05) is 24.3 Å². The van der Waals surface area contributed by atoms with E-state index in [9.17, 15) is 0 Å². The van der Waals surface area contributed by atoms with E-state index in [4.69, 9.17) is 10.9 Å². The van der Waals surface area contributed by atoms with E-state index >= 15 is 0 Å². The predicted molar refractivity (Wildman–Crippen MR) is 76.3 cm³/mol. The molecule has 4 nitrogen and oxygen atoms in total. The van der Waals surface area contributed by atoms with Gasteiger partial charge in [-0.1, -0.05) is 19.0 Å². The van der Waals surface area contributed by atoms with Crippen molar-refractivity contribution in [2.75, 3.05) is 11.9 Å². The molecule has 1 rings (SSSR count). The van der Waals surface area contributed by atoms with Gasteiger partial charge >= 0.3 is 0 Å². The molecule has 0 aromatic heterocycles. The largest absolute Gasteiger partial charge is 0.409 e. The van der Waals surface area contributed by atoms with Crippen molar-refractivity contribution in [3.8, 4) is 0 Å². The number of rotatable bonds is 5. The zero-order chi connectivity index (χ0) is 13.7. The van der Waals surface area contributed by atoms with Gasteiger partial charge in [-0.2, -0.15) is 0 Å². The smallest absolute Gasteiger partial charge is 0.170 e. The number of amidine groups is 1. The lowest BCUT2D eigenvalue weighted by Crippen LogP contribution is -2.30. The van der Waals surface area contributed by atoms with Crippen LogP contribution in [0.25, 0.3) is 0 Å². The zero-order valence-corrected chi connectivity index (χ0v) is 11.6. The Morgan fingerprint density at radius 3 is 2.28 bits per heavy atom. The minimum atomic E-state index is 0.138. The molecule has 100 valence electrons. The van der Waals surface area contributed by atoms with Gasteiger partial charge in [-0.15, -0.1) is 0 Å². The monoisotopic (exact) mass is 249 g/mol. The molecule has 0 aliphatic carbocycles. The van der Waals surface area contributed by atoms with Crippen LogP contribution < -0.4 is 10.6 Å². The molecule has 0 bridgehead atoms. The minimum absolute atomic E-state index is 0.138. The molecule has 1 unspecified atom stereocenters. The number of oxime groups is 1. The fourth-order valence-corrected chi connectivity index (χ4v) is 2.02. The van der Waals surface area contributed by atoms with Crippen LogP contribution in [0.1, 0.15) is 32.8 Å². The van der Waals surface area contributed by atoms with Crippen LogP contribution >= 0.6 is 0 Å². The van der Waals surface area contributed by atoms with Crippen molar-refractivity contribution in [1.29, 1.82) is 0 Å². The summed E-state index contributed by atoms with van der Waals surface area (Å²) in [5, 5.41) is 11.6. The van der Waals surface area contributed by atoms with Crippen molar-refractivity contribution in [3.05, 3.63) is 29.8 Å². The maximum absolute atomic E-state index is 8.61. The minimum Gasteiger partial charge on any atom is -0.409 e. The molecule has 1 aromatic rings. The van der Waals surface area contributed by atoms with Crippen molar-refractivity contribution >= 4 is 11.5 Å². The molecule has 0 saturated heterocycles. The van der Waals surface area contributed by atoms with Crippen LogP contribution in [-0.4, -0.2) is 24.1 Å². The van der Waals surface area contributed by atoms with Gasteiger partial charge in [0.25, 0.3) is 0 Å². The molecule has 0 saturated carbocycles. The summed E-state index contributed by atoms with van der Waals surface area (Å²) in [6.07, 6.45) is 1.15. The first-order chi connectivity index (χ1) is 8.45. The normalized spacial score (nSPS) is 13.7. The van der Waals surface area contributed by atoms with Gasteiger partial charge in [0.1, 0.15) is 0 Å². The first-order valence-electron chi connectivity index (χ1n) is 6.26. The van der Waals surface area contributed by atoms with E-state index < -0.39 is 0 Å². The summed E-state index contributed by atoms with van der Waals surface area (Å²) in [4.78, 5) is 2.25. The number of benzene rings is 1. The number of hydrogen-bond acceptors (Lipinski definition) is 3. The second-order valence-corrected chi connectivity index (χ2v) is 5.12. The van der Waals surface area contributed by atoms with Crippen molar-refractivity contribution in [3.63, 3.8) is 0 Å². The van der Waals surface area contributed by atoms with Crippen LogP contribution in [0.2, 0.25) is 0 Å². The van der Waals surface area contributed by atoms with Gasteiger partial charge in [0.2, 0.25) is 0 Å². The summed E-state index contributed by atoms with van der Waals surface area (Å²) < 4.78 is 0. The quantitative estimate of drug-likeness (QED) is 0.365. The molecular weight excluding hydrogens is 226 g/mol. The average Bonchev–Trinajstić information content (AvgIpc) is 2.36. The van der Waals surface area contributed by atoms with Crippen LogP contribution in [0, 0.1) is 5.92 Å². The number of hydrogen-bond donors (Lipinski definition) is 2. The first-order valence-corrected chi connectivity index (χ1v) is 6.26. The molecule has 0 heterocycles.